The topological polar surface area (TPSA) is 89.9 Å². The van der Waals surface area contributed by atoms with Crippen LogP contribution >= 0.6 is 0 Å². The molecule has 0 bridgehead atoms. The van der Waals surface area contributed by atoms with E-state index in [2.05, 4.69) is 5.32 Å². The van der Waals surface area contributed by atoms with Gasteiger partial charge in [0.2, 0.25) is 10.0 Å². The lowest BCUT2D eigenvalue weighted by Crippen LogP contribution is -2.37. The van der Waals surface area contributed by atoms with Gasteiger partial charge in [-0.15, -0.1) is 0 Å². The number of aliphatic hydroxyl groups excluding tert-OH is 1. The molecule has 3 rings (SSSR count). The third-order valence-corrected chi connectivity index (χ3v) is 6.46. The van der Waals surface area contributed by atoms with Crippen LogP contribution in [0.1, 0.15) is 10.4 Å². The highest BCUT2D eigenvalue weighted by Crippen LogP contribution is 2.39. The molecular weight excluding hydrogens is 330 g/mol. The summed E-state index contributed by atoms with van der Waals surface area (Å²) in [5, 5.41) is 13.0. The van der Waals surface area contributed by atoms with Gasteiger partial charge >= 0.3 is 0 Å². The summed E-state index contributed by atoms with van der Waals surface area (Å²) in [6, 6.07) is 6.57. The Kier molecular flexibility index (Phi) is 4.31. The number of carbonyl (C=O) groups is 1. The van der Waals surface area contributed by atoms with Crippen LogP contribution in [0.25, 0.3) is 0 Å². The van der Waals surface area contributed by atoms with Crippen molar-refractivity contribution < 1.29 is 18.3 Å². The average molecular weight is 353 g/mol. The second-order valence-corrected chi connectivity index (χ2v) is 8.83. The van der Waals surface area contributed by atoms with Crippen LogP contribution in [-0.2, 0) is 10.0 Å². The van der Waals surface area contributed by atoms with Gasteiger partial charge in [-0.05, 0) is 30.2 Å². The quantitative estimate of drug-likeness (QED) is 0.778. The molecule has 2 unspecified atom stereocenters. The molecule has 0 saturated carbocycles. The van der Waals surface area contributed by atoms with Crippen molar-refractivity contribution >= 4 is 21.6 Å². The van der Waals surface area contributed by atoms with Gasteiger partial charge in [-0.25, -0.2) is 8.42 Å². The molecule has 2 N–H and O–H groups in total. The minimum Gasteiger partial charge on any atom is -0.396 e. The van der Waals surface area contributed by atoms with E-state index in [9.17, 15) is 18.3 Å². The van der Waals surface area contributed by atoms with E-state index in [0.717, 1.165) is 19.3 Å². The first-order valence-electron chi connectivity index (χ1n) is 7.92. The van der Waals surface area contributed by atoms with Crippen LogP contribution in [0.2, 0.25) is 0 Å². The zero-order valence-electron chi connectivity index (χ0n) is 13.9. The predicted molar refractivity (Wildman–Crippen MR) is 91.5 cm³/mol. The number of anilines is 1. The summed E-state index contributed by atoms with van der Waals surface area (Å²) in [6.45, 7) is 2.81. The number of likely N-dealkylation sites (tertiary alicyclic amines) is 1. The third-order valence-electron chi connectivity index (χ3n) is 5.26. The van der Waals surface area contributed by atoms with Crippen molar-refractivity contribution in [3.05, 3.63) is 29.8 Å². The highest BCUT2D eigenvalue weighted by Gasteiger charge is 2.50. The van der Waals surface area contributed by atoms with Gasteiger partial charge in [0.15, 0.2) is 0 Å². The summed E-state index contributed by atoms with van der Waals surface area (Å²) >= 11 is 0. The number of rotatable bonds is 4. The normalized spacial score (nSPS) is 26.5. The minimum atomic E-state index is -3.32. The number of amides is 1. The fourth-order valence-corrected chi connectivity index (χ4v) is 4.09. The second-order valence-electron chi connectivity index (χ2n) is 6.81. The standard InChI is InChI=1S/C16H23N3O4S/c1-18(24(2,22)23)14-5-3-12(4-6-14)15(21)19-8-13-7-17-9-16(13,10-19)11-20/h3-6,13,17,20H,7-11H2,1-2H3. The number of carbonyl (C=O) groups excluding carboxylic acids is 1. The molecule has 2 aliphatic rings. The van der Waals surface area contributed by atoms with E-state index >= 15 is 0 Å². The number of hydrogen-bond donors (Lipinski definition) is 2. The number of fused-ring (bicyclic) bond motifs is 1. The molecule has 8 heteroatoms. The highest BCUT2D eigenvalue weighted by molar-refractivity contribution is 7.92. The molecule has 0 radical (unpaired) electrons. The van der Waals surface area contributed by atoms with Crippen LogP contribution in [-0.4, -0.2) is 70.4 Å². The van der Waals surface area contributed by atoms with Gasteiger partial charge in [0.05, 0.1) is 18.6 Å². The summed E-state index contributed by atoms with van der Waals surface area (Å²) in [5.41, 5.74) is 0.816. The Labute approximate surface area is 142 Å². The Balaban J connectivity index is 1.75. The summed E-state index contributed by atoms with van der Waals surface area (Å²) in [7, 11) is -1.85. The van der Waals surface area contributed by atoms with Crippen LogP contribution in [0.4, 0.5) is 5.69 Å². The van der Waals surface area contributed by atoms with E-state index in [1.54, 1.807) is 29.2 Å². The van der Waals surface area contributed by atoms with Crippen LogP contribution in [0, 0.1) is 11.3 Å². The maximum absolute atomic E-state index is 12.7. The van der Waals surface area contributed by atoms with E-state index in [4.69, 9.17) is 0 Å². The lowest BCUT2D eigenvalue weighted by Gasteiger charge is -2.25. The highest BCUT2D eigenvalue weighted by atomic mass is 32.2. The number of nitrogens with zero attached hydrogens (tertiary/aromatic N) is 2. The van der Waals surface area contributed by atoms with E-state index < -0.39 is 10.0 Å². The van der Waals surface area contributed by atoms with Gasteiger partial charge in [0.25, 0.3) is 5.91 Å². The van der Waals surface area contributed by atoms with Crippen LogP contribution in [0.3, 0.4) is 0 Å². The molecule has 7 nitrogen and oxygen atoms in total. The molecule has 1 aromatic carbocycles. The van der Waals surface area contributed by atoms with Gasteiger partial charge in [0, 0.05) is 44.2 Å². The van der Waals surface area contributed by atoms with Gasteiger partial charge < -0.3 is 15.3 Å². The molecule has 0 aliphatic carbocycles. The summed E-state index contributed by atoms with van der Waals surface area (Å²) in [4.78, 5) is 14.5. The Hall–Kier alpha value is -1.64. The third kappa shape index (κ3) is 2.89. The molecule has 0 aromatic heterocycles. The first kappa shape index (κ1) is 17.2. The largest absolute Gasteiger partial charge is 0.396 e. The van der Waals surface area contributed by atoms with Crippen molar-refractivity contribution in [1.29, 1.82) is 0 Å². The Morgan fingerprint density at radius 2 is 2.08 bits per heavy atom. The molecule has 0 spiro atoms. The molecule has 1 amide bonds. The summed E-state index contributed by atoms with van der Waals surface area (Å²) < 4.78 is 24.3. The number of benzene rings is 1. The van der Waals surface area contributed by atoms with E-state index in [1.807, 2.05) is 0 Å². The Morgan fingerprint density at radius 1 is 1.42 bits per heavy atom. The van der Waals surface area contributed by atoms with Crippen molar-refractivity contribution in [2.75, 3.05) is 50.4 Å². The van der Waals surface area contributed by atoms with Gasteiger partial charge in [-0.2, -0.15) is 0 Å². The second kappa shape index (κ2) is 6.02. The molecule has 2 heterocycles. The lowest BCUT2D eigenvalue weighted by atomic mass is 9.82. The van der Waals surface area contributed by atoms with Crippen molar-refractivity contribution in [1.82, 2.24) is 10.2 Å². The van der Waals surface area contributed by atoms with E-state index in [0.29, 0.717) is 24.3 Å². The fraction of sp³-hybridized carbons (Fsp3) is 0.562. The number of nitrogens with one attached hydrogen (secondary N) is 1. The molecule has 2 atom stereocenters. The van der Waals surface area contributed by atoms with Crippen molar-refractivity contribution in [2.24, 2.45) is 11.3 Å². The van der Waals surface area contributed by atoms with Crippen LogP contribution in [0.15, 0.2) is 24.3 Å². The Bertz CT molecular complexity index is 734. The maximum atomic E-state index is 12.7. The summed E-state index contributed by atoms with van der Waals surface area (Å²) in [6.07, 6.45) is 1.14. The van der Waals surface area contributed by atoms with Crippen molar-refractivity contribution in [3.63, 3.8) is 0 Å². The fourth-order valence-electron chi connectivity index (χ4n) is 3.59. The van der Waals surface area contributed by atoms with E-state index in [1.165, 1.54) is 11.4 Å². The SMILES string of the molecule is CN(c1ccc(C(=O)N2CC3CNCC3(CO)C2)cc1)S(C)(=O)=O. The molecule has 1 aromatic rings. The van der Waals surface area contributed by atoms with Crippen LogP contribution in [0.5, 0.6) is 0 Å². The van der Waals surface area contributed by atoms with E-state index in [-0.39, 0.29) is 23.8 Å². The number of sulfonamides is 1. The molecule has 2 aliphatic heterocycles. The number of aliphatic hydroxyl groups is 1. The molecule has 2 saturated heterocycles. The average Bonchev–Trinajstić information content (AvgIpc) is 3.10. The van der Waals surface area contributed by atoms with Gasteiger partial charge in [-0.1, -0.05) is 0 Å². The van der Waals surface area contributed by atoms with Crippen molar-refractivity contribution in [3.8, 4) is 0 Å². The van der Waals surface area contributed by atoms with Gasteiger partial charge in [-0.3, -0.25) is 9.10 Å². The minimum absolute atomic E-state index is 0.0759. The molecule has 132 valence electrons. The molecule has 24 heavy (non-hydrogen) atoms. The van der Waals surface area contributed by atoms with Crippen LogP contribution < -0.4 is 9.62 Å². The summed E-state index contributed by atoms with van der Waals surface area (Å²) in [5.74, 6) is 0.202. The smallest absolute Gasteiger partial charge is 0.253 e. The number of hydrogen-bond acceptors (Lipinski definition) is 5. The first-order chi connectivity index (χ1) is 11.3. The molecule has 2 fully saturated rings. The zero-order chi connectivity index (χ0) is 17.5. The first-order valence-corrected chi connectivity index (χ1v) is 9.76. The lowest BCUT2D eigenvalue weighted by molar-refractivity contribution is 0.0745. The zero-order valence-corrected chi connectivity index (χ0v) is 14.7. The molecular formula is C16H23N3O4S. The monoisotopic (exact) mass is 353 g/mol. The van der Waals surface area contributed by atoms with Gasteiger partial charge in [0.1, 0.15) is 0 Å². The predicted octanol–water partition coefficient (Wildman–Crippen LogP) is -0.264. The Morgan fingerprint density at radius 3 is 2.62 bits per heavy atom. The van der Waals surface area contributed by atoms with Crippen molar-refractivity contribution in [2.45, 2.75) is 0 Å². The maximum Gasteiger partial charge on any atom is 0.253 e.